The smallest absolute Gasteiger partial charge is 0.323 e. The van der Waals surface area contributed by atoms with Gasteiger partial charge in [-0.3, -0.25) is 10.7 Å². The summed E-state index contributed by atoms with van der Waals surface area (Å²) in [6.07, 6.45) is 1.49. The summed E-state index contributed by atoms with van der Waals surface area (Å²) in [4.78, 5) is 13.7. The number of amidine groups is 1. The lowest BCUT2D eigenvalue weighted by molar-refractivity contribution is 0.179. The Kier molecular flexibility index (Phi) is 3.97. The van der Waals surface area contributed by atoms with Gasteiger partial charge in [-0.2, -0.15) is 0 Å². The molecule has 0 aromatic heterocycles. The number of hydrogen-bond donors (Lipinski definition) is 2. The van der Waals surface area contributed by atoms with Crippen molar-refractivity contribution in [1.29, 1.82) is 5.41 Å². The Hall–Kier alpha value is -2.04. The van der Waals surface area contributed by atoms with Crippen LogP contribution in [0.4, 0.5) is 4.79 Å². The predicted molar refractivity (Wildman–Crippen MR) is 78.4 cm³/mol. The second-order valence-corrected chi connectivity index (χ2v) is 5.26. The van der Waals surface area contributed by atoms with Gasteiger partial charge in [-0.1, -0.05) is 19.1 Å². The first-order valence-electron chi connectivity index (χ1n) is 6.82. The molecule has 2 amide bonds. The third-order valence-corrected chi connectivity index (χ3v) is 3.77. The topological polar surface area (TPSA) is 65.4 Å². The molecule has 1 aromatic rings. The maximum Gasteiger partial charge on any atom is 0.323 e. The largest absolute Gasteiger partial charge is 0.497 e. The number of urea groups is 1. The number of methoxy groups -OCH3 is 1. The minimum atomic E-state index is -0.596. The van der Waals surface area contributed by atoms with Crippen molar-refractivity contribution >= 4 is 11.9 Å². The summed E-state index contributed by atoms with van der Waals surface area (Å²) >= 11 is 0. The van der Waals surface area contributed by atoms with Crippen LogP contribution in [0.15, 0.2) is 24.3 Å². The Bertz CT molecular complexity index is 512. The van der Waals surface area contributed by atoms with Crippen molar-refractivity contribution in [2.45, 2.75) is 32.2 Å². The lowest BCUT2D eigenvalue weighted by Crippen LogP contribution is -2.48. The van der Waals surface area contributed by atoms with Crippen molar-refractivity contribution in [3.63, 3.8) is 0 Å². The van der Waals surface area contributed by atoms with Crippen molar-refractivity contribution in [2.24, 2.45) is 0 Å². The highest BCUT2D eigenvalue weighted by molar-refractivity contribution is 6.08. The monoisotopic (exact) mass is 275 g/mol. The fourth-order valence-corrected chi connectivity index (χ4v) is 2.56. The third-order valence-electron chi connectivity index (χ3n) is 3.77. The molecule has 5 nitrogen and oxygen atoms in total. The number of carbonyl (C=O) groups excluding carboxylic acids is 1. The normalized spacial score (nSPS) is 22.1. The van der Waals surface area contributed by atoms with Gasteiger partial charge in [0.2, 0.25) is 0 Å². The Morgan fingerprint density at radius 2 is 2.00 bits per heavy atom. The minimum absolute atomic E-state index is 0.173. The standard InChI is InChI=1S/C15H21N3O2/c1-4-9-18-14(19)17-13(16)15(18,2)10-11-5-7-12(20-3)8-6-11/h5-8H,4,9-10H2,1-3H3,(H2,16,17,19). The zero-order chi connectivity index (χ0) is 14.8. The summed E-state index contributed by atoms with van der Waals surface area (Å²) < 4.78 is 5.14. The highest BCUT2D eigenvalue weighted by Crippen LogP contribution is 2.27. The van der Waals surface area contributed by atoms with Crippen LogP contribution in [0.2, 0.25) is 0 Å². The molecule has 1 atom stereocenters. The van der Waals surface area contributed by atoms with Gasteiger partial charge in [-0.15, -0.1) is 0 Å². The van der Waals surface area contributed by atoms with Crippen LogP contribution < -0.4 is 10.1 Å². The van der Waals surface area contributed by atoms with Crippen LogP contribution >= 0.6 is 0 Å². The van der Waals surface area contributed by atoms with E-state index in [2.05, 4.69) is 5.32 Å². The molecule has 2 rings (SSSR count). The van der Waals surface area contributed by atoms with Crippen molar-refractivity contribution in [3.8, 4) is 5.75 Å². The molecule has 5 heteroatoms. The van der Waals surface area contributed by atoms with Crippen molar-refractivity contribution in [1.82, 2.24) is 10.2 Å². The van der Waals surface area contributed by atoms with Crippen LogP contribution in [-0.2, 0) is 6.42 Å². The zero-order valence-electron chi connectivity index (χ0n) is 12.2. The first kappa shape index (κ1) is 14.4. The van der Waals surface area contributed by atoms with Gasteiger partial charge in [0.1, 0.15) is 17.1 Å². The highest BCUT2D eigenvalue weighted by atomic mass is 16.5. The Morgan fingerprint density at radius 1 is 1.35 bits per heavy atom. The molecule has 0 saturated carbocycles. The van der Waals surface area contributed by atoms with E-state index in [-0.39, 0.29) is 11.9 Å². The first-order chi connectivity index (χ1) is 9.51. The van der Waals surface area contributed by atoms with Gasteiger partial charge in [-0.05, 0) is 31.0 Å². The molecule has 1 aliphatic rings. The maximum absolute atomic E-state index is 11.9. The molecule has 0 bridgehead atoms. The molecule has 1 unspecified atom stereocenters. The summed E-state index contributed by atoms with van der Waals surface area (Å²) in [6.45, 7) is 4.62. The first-order valence-corrected chi connectivity index (χ1v) is 6.82. The second-order valence-electron chi connectivity index (χ2n) is 5.26. The van der Waals surface area contributed by atoms with Gasteiger partial charge in [0.25, 0.3) is 0 Å². The van der Waals surface area contributed by atoms with Crippen LogP contribution in [-0.4, -0.2) is 36.0 Å². The molecule has 1 heterocycles. The van der Waals surface area contributed by atoms with Crippen molar-refractivity contribution in [3.05, 3.63) is 29.8 Å². The van der Waals surface area contributed by atoms with Crippen LogP contribution in [0.5, 0.6) is 5.75 Å². The summed E-state index contributed by atoms with van der Waals surface area (Å²) in [5, 5.41) is 10.7. The molecule has 0 aliphatic carbocycles. The molecule has 0 spiro atoms. The highest BCUT2D eigenvalue weighted by Gasteiger charge is 2.45. The number of carbonyl (C=O) groups is 1. The summed E-state index contributed by atoms with van der Waals surface area (Å²) in [5.41, 5.74) is 0.484. The van der Waals surface area contributed by atoms with Gasteiger partial charge in [-0.25, -0.2) is 4.79 Å². The van der Waals surface area contributed by atoms with Gasteiger partial charge < -0.3 is 9.64 Å². The van der Waals surface area contributed by atoms with Crippen LogP contribution in [0, 0.1) is 5.41 Å². The Morgan fingerprint density at radius 3 is 2.55 bits per heavy atom. The molecule has 0 radical (unpaired) electrons. The van der Waals surface area contributed by atoms with Crippen LogP contribution in [0.25, 0.3) is 0 Å². The van der Waals surface area contributed by atoms with Crippen molar-refractivity contribution in [2.75, 3.05) is 13.7 Å². The molecule has 1 aromatic carbocycles. The summed E-state index contributed by atoms with van der Waals surface area (Å²) in [6, 6.07) is 7.58. The maximum atomic E-state index is 11.9. The van der Waals surface area contributed by atoms with Crippen LogP contribution in [0.1, 0.15) is 25.8 Å². The zero-order valence-corrected chi connectivity index (χ0v) is 12.2. The van der Waals surface area contributed by atoms with E-state index < -0.39 is 5.54 Å². The molecule has 2 N–H and O–H groups in total. The number of nitrogens with zero attached hydrogens (tertiary/aromatic N) is 1. The molecule has 108 valence electrons. The molecule has 1 aliphatic heterocycles. The van der Waals surface area contributed by atoms with Gasteiger partial charge in [0.05, 0.1) is 7.11 Å². The number of nitrogens with one attached hydrogen (secondary N) is 2. The molecule has 1 saturated heterocycles. The molecular formula is C15H21N3O2. The SMILES string of the molecule is CCCN1C(=O)NC(=N)C1(C)Cc1ccc(OC)cc1. The number of amides is 2. The van der Waals surface area contributed by atoms with E-state index in [4.69, 9.17) is 10.1 Å². The summed E-state index contributed by atoms with van der Waals surface area (Å²) in [7, 11) is 1.63. The lowest BCUT2D eigenvalue weighted by Gasteiger charge is -2.33. The quantitative estimate of drug-likeness (QED) is 0.866. The van der Waals surface area contributed by atoms with E-state index in [9.17, 15) is 4.79 Å². The van der Waals surface area contributed by atoms with E-state index in [1.54, 1.807) is 12.0 Å². The number of ether oxygens (including phenoxy) is 1. The van der Waals surface area contributed by atoms with E-state index in [0.717, 1.165) is 17.7 Å². The number of benzene rings is 1. The minimum Gasteiger partial charge on any atom is -0.497 e. The van der Waals surface area contributed by atoms with E-state index in [1.165, 1.54) is 0 Å². The fraction of sp³-hybridized carbons (Fsp3) is 0.467. The van der Waals surface area contributed by atoms with Crippen LogP contribution in [0.3, 0.4) is 0 Å². The second kappa shape index (κ2) is 5.53. The predicted octanol–water partition coefficient (Wildman–Crippen LogP) is 2.41. The van der Waals surface area contributed by atoms with E-state index >= 15 is 0 Å². The number of hydrogen-bond acceptors (Lipinski definition) is 3. The molecule has 1 fully saturated rings. The third kappa shape index (κ3) is 2.48. The number of rotatable bonds is 5. The molecular weight excluding hydrogens is 254 g/mol. The van der Waals surface area contributed by atoms with Crippen molar-refractivity contribution < 1.29 is 9.53 Å². The molecule has 20 heavy (non-hydrogen) atoms. The van der Waals surface area contributed by atoms with Gasteiger partial charge >= 0.3 is 6.03 Å². The lowest BCUT2D eigenvalue weighted by atomic mass is 9.91. The van der Waals surface area contributed by atoms with Gasteiger partial charge in [0.15, 0.2) is 0 Å². The Labute approximate surface area is 119 Å². The van der Waals surface area contributed by atoms with Gasteiger partial charge in [0, 0.05) is 13.0 Å². The fourth-order valence-electron chi connectivity index (χ4n) is 2.56. The Balaban J connectivity index is 2.23. The van der Waals surface area contributed by atoms with E-state index in [0.29, 0.717) is 13.0 Å². The average molecular weight is 275 g/mol. The summed E-state index contributed by atoms with van der Waals surface area (Å²) in [5.74, 6) is 1.08. The average Bonchev–Trinajstić information content (AvgIpc) is 2.64. The van der Waals surface area contributed by atoms with E-state index in [1.807, 2.05) is 38.1 Å².